The number of hydrogen-bond donors (Lipinski definition) is 1. The minimum Gasteiger partial charge on any atom is -0.444 e. The molecule has 1 unspecified atom stereocenters. The summed E-state index contributed by atoms with van der Waals surface area (Å²) >= 11 is 0. The summed E-state index contributed by atoms with van der Waals surface area (Å²) in [5.74, 6) is 0.556. The first-order chi connectivity index (χ1) is 14.9. The molecule has 1 N–H and O–H groups in total. The number of fused-ring (bicyclic) bond motifs is 3. The Hall–Kier alpha value is -2.84. The molecule has 2 aromatic heterocycles. The Morgan fingerprint density at radius 2 is 1.66 bits per heavy atom. The number of imidazole rings is 1. The summed E-state index contributed by atoms with van der Waals surface area (Å²) in [6.07, 6.45) is 8.26. The third kappa shape index (κ3) is 4.81. The first-order valence-electron chi connectivity index (χ1n) is 11.2. The third-order valence-electron chi connectivity index (χ3n) is 5.77. The number of carbonyl (C=O) groups is 2. The van der Waals surface area contributed by atoms with E-state index in [0.717, 1.165) is 31.4 Å². The molecule has 2 amide bonds. The zero-order chi connectivity index (χ0) is 23.3. The van der Waals surface area contributed by atoms with Gasteiger partial charge in [-0.25, -0.2) is 19.6 Å². The van der Waals surface area contributed by atoms with E-state index in [1.54, 1.807) is 6.20 Å². The number of carbonyl (C=O) groups excluding carboxylic acids is 2. The van der Waals surface area contributed by atoms with Gasteiger partial charge in [-0.05, 0) is 67.2 Å². The highest BCUT2D eigenvalue weighted by Gasteiger charge is 2.45. The van der Waals surface area contributed by atoms with Crippen LogP contribution in [0.3, 0.4) is 0 Å². The van der Waals surface area contributed by atoms with E-state index in [0.29, 0.717) is 11.5 Å². The van der Waals surface area contributed by atoms with E-state index in [4.69, 9.17) is 14.5 Å². The largest absolute Gasteiger partial charge is 0.444 e. The molecule has 9 heteroatoms. The lowest BCUT2D eigenvalue weighted by Crippen LogP contribution is -2.48. The van der Waals surface area contributed by atoms with Crippen LogP contribution in [0.15, 0.2) is 18.6 Å². The number of amides is 2. The van der Waals surface area contributed by atoms with Crippen molar-refractivity contribution in [1.82, 2.24) is 19.3 Å². The van der Waals surface area contributed by atoms with E-state index in [1.165, 1.54) is 0 Å². The summed E-state index contributed by atoms with van der Waals surface area (Å²) < 4.78 is 12.9. The Kier molecular flexibility index (Phi) is 5.55. The second-order valence-corrected chi connectivity index (χ2v) is 10.7. The highest BCUT2D eigenvalue weighted by Crippen LogP contribution is 2.43. The fraction of sp³-hybridized carbons (Fsp3) is 0.652. The number of rotatable bonds is 2. The molecule has 2 fully saturated rings. The maximum absolute atomic E-state index is 12.8. The van der Waals surface area contributed by atoms with E-state index in [-0.39, 0.29) is 24.1 Å². The van der Waals surface area contributed by atoms with Gasteiger partial charge in [0.25, 0.3) is 0 Å². The third-order valence-corrected chi connectivity index (χ3v) is 5.77. The van der Waals surface area contributed by atoms with Crippen molar-refractivity contribution in [2.24, 2.45) is 0 Å². The van der Waals surface area contributed by atoms with Crippen molar-refractivity contribution >= 4 is 23.7 Å². The van der Waals surface area contributed by atoms with Crippen LogP contribution < -0.4 is 5.32 Å². The quantitative estimate of drug-likeness (QED) is 0.721. The number of anilines is 1. The molecule has 0 saturated carbocycles. The summed E-state index contributed by atoms with van der Waals surface area (Å²) in [7, 11) is 0. The lowest BCUT2D eigenvalue weighted by atomic mass is 9.88. The number of nitrogens with zero attached hydrogens (tertiary/aromatic N) is 4. The van der Waals surface area contributed by atoms with Gasteiger partial charge >= 0.3 is 12.2 Å². The minimum absolute atomic E-state index is 0.135. The van der Waals surface area contributed by atoms with E-state index >= 15 is 0 Å². The number of ether oxygens (including phenoxy) is 2. The van der Waals surface area contributed by atoms with Gasteiger partial charge in [0.1, 0.15) is 11.2 Å². The molecule has 2 aliphatic heterocycles. The second-order valence-electron chi connectivity index (χ2n) is 10.7. The second kappa shape index (κ2) is 7.94. The number of hydrogen-bond acceptors (Lipinski definition) is 6. The lowest BCUT2D eigenvalue weighted by molar-refractivity contribution is 0.00566. The molecular weight excluding hydrogens is 410 g/mol. The Morgan fingerprint density at radius 3 is 2.25 bits per heavy atom. The fourth-order valence-corrected chi connectivity index (χ4v) is 4.66. The molecule has 2 saturated heterocycles. The SMILES string of the molecule is CC(C)(C)OC(=O)Nc1nc(C2C[C@H]3CC[C@@H](C2)N3C(=O)OC(C)(C)C)cn2ccnc12. The summed E-state index contributed by atoms with van der Waals surface area (Å²) in [6.45, 7) is 11.1. The van der Waals surface area contributed by atoms with Gasteiger partial charge < -0.3 is 18.8 Å². The van der Waals surface area contributed by atoms with Crippen LogP contribution in [0.4, 0.5) is 15.4 Å². The van der Waals surface area contributed by atoms with Crippen molar-refractivity contribution in [3.05, 3.63) is 24.3 Å². The molecule has 9 nitrogen and oxygen atoms in total. The normalized spacial score (nSPS) is 23.3. The van der Waals surface area contributed by atoms with Crippen molar-refractivity contribution < 1.29 is 19.1 Å². The van der Waals surface area contributed by atoms with Crippen molar-refractivity contribution in [3.8, 4) is 0 Å². The maximum atomic E-state index is 12.8. The number of aromatic nitrogens is 3. The average molecular weight is 444 g/mol. The van der Waals surface area contributed by atoms with Crippen LogP contribution in [0, 0.1) is 0 Å². The first-order valence-corrected chi connectivity index (χ1v) is 11.2. The highest BCUT2D eigenvalue weighted by atomic mass is 16.6. The molecule has 4 rings (SSSR count). The molecule has 0 radical (unpaired) electrons. The summed E-state index contributed by atoms with van der Waals surface area (Å²) in [6, 6.07) is 0.271. The Labute approximate surface area is 188 Å². The van der Waals surface area contributed by atoms with Gasteiger partial charge in [-0.2, -0.15) is 0 Å². The molecule has 2 aliphatic rings. The average Bonchev–Trinajstić information content (AvgIpc) is 3.21. The Balaban J connectivity index is 1.55. The summed E-state index contributed by atoms with van der Waals surface area (Å²) in [4.78, 5) is 36.1. The number of nitrogens with one attached hydrogen (secondary N) is 1. The van der Waals surface area contributed by atoms with E-state index in [1.807, 2.05) is 63.2 Å². The summed E-state index contributed by atoms with van der Waals surface area (Å²) in [5.41, 5.74) is 0.320. The van der Waals surface area contributed by atoms with Crippen molar-refractivity contribution in [1.29, 1.82) is 0 Å². The van der Waals surface area contributed by atoms with Crippen LogP contribution in [-0.4, -0.2) is 54.7 Å². The van der Waals surface area contributed by atoms with Gasteiger partial charge in [-0.1, -0.05) is 0 Å². The highest BCUT2D eigenvalue weighted by molar-refractivity contribution is 5.88. The van der Waals surface area contributed by atoms with Crippen LogP contribution in [0.5, 0.6) is 0 Å². The van der Waals surface area contributed by atoms with Gasteiger partial charge in [0.15, 0.2) is 11.5 Å². The van der Waals surface area contributed by atoms with Crippen LogP contribution in [0.1, 0.15) is 78.8 Å². The zero-order valence-corrected chi connectivity index (χ0v) is 19.7. The van der Waals surface area contributed by atoms with E-state index in [9.17, 15) is 9.59 Å². The predicted molar refractivity (Wildman–Crippen MR) is 120 cm³/mol. The molecule has 174 valence electrons. The fourth-order valence-electron chi connectivity index (χ4n) is 4.66. The van der Waals surface area contributed by atoms with Crippen molar-refractivity contribution in [3.63, 3.8) is 0 Å². The van der Waals surface area contributed by atoms with Crippen molar-refractivity contribution in [2.75, 3.05) is 5.32 Å². The van der Waals surface area contributed by atoms with Gasteiger partial charge in [0.05, 0.1) is 5.69 Å². The summed E-state index contributed by atoms with van der Waals surface area (Å²) in [5, 5.41) is 2.76. The molecule has 2 bridgehead atoms. The maximum Gasteiger partial charge on any atom is 0.413 e. The van der Waals surface area contributed by atoms with Gasteiger partial charge in [-0.15, -0.1) is 0 Å². The molecular formula is C23H33N5O4. The molecule has 32 heavy (non-hydrogen) atoms. The standard InChI is InChI=1S/C23H33N5O4/c1-22(2,3)31-20(29)26-18-19-24-9-10-27(19)13-17(25-18)14-11-15-7-8-16(12-14)28(15)21(30)32-23(4,5)6/h9-10,13-16H,7-8,11-12H2,1-6H3,(H,25,26,29)/t14?,15-,16+. The van der Waals surface area contributed by atoms with Gasteiger partial charge in [0, 0.05) is 36.6 Å². The molecule has 2 aromatic rings. The van der Waals surface area contributed by atoms with E-state index in [2.05, 4.69) is 10.3 Å². The van der Waals surface area contributed by atoms with Crippen LogP contribution in [0.2, 0.25) is 0 Å². The lowest BCUT2D eigenvalue weighted by Gasteiger charge is -2.39. The van der Waals surface area contributed by atoms with Crippen LogP contribution in [0.25, 0.3) is 5.65 Å². The first kappa shape index (κ1) is 22.4. The van der Waals surface area contributed by atoms with Gasteiger partial charge in [0.2, 0.25) is 0 Å². The van der Waals surface area contributed by atoms with Gasteiger partial charge in [-0.3, -0.25) is 5.32 Å². The minimum atomic E-state index is -0.610. The molecule has 0 aromatic carbocycles. The van der Waals surface area contributed by atoms with E-state index < -0.39 is 17.3 Å². The topological polar surface area (TPSA) is 98.1 Å². The van der Waals surface area contributed by atoms with Crippen LogP contribution in [-0.2, 0) is 9.47 Å². The Morgan fingerprint density at radius 1 is 1.03 bits per heavy atom. The number of piperidine rings is 1. The Bertz CT molecular complexity index is 1010. The predicted octanol–water partition coefficient (Wildman–Crippen LogP) is 4.72. The van der Waals surface area contributed by atoms with Crippen molar-refractivity contribution in [2.45, 2.75) is 96.4 Å². The molecule has 0 aliphatic carbocycles. The monoisotopic (exact) mass is 443 g/mol. The van der Waals surface area contributed by atoms with Crippen LogP contribution >= 0.6 is 0 Å². The smallest absolute Gasteiger partial charge is 0.413 e. The zero-order valence-electron chi connectivity index (χ0n) is 19.7. The molecule has 3 atom stereocenters. The molecule has 0 spiro atoms. The molecule has 4 heterocycles.